The fraction of sp³-hybridized carbons (Fsp3) is 0.407. The van der Waals surface area contributed by atoms with Crippen molar-refractivity contribution in [1.82, 2.24) is 14.3 Å². The molecule has 16 heteroatoms. The van der Waals surface area contributed by atoms with Gasteiger partial charge in [-0.25, -0.2) is 36.5 Å². The third kappa shape index (κ3) is 5.71. The molecule has 4 heterocycles. The van der Waals surface area contributed by atoms with E-state index in [4.69, 9.17) is 4.74 Å². The van der Waals surface area contributed by atoms with E-state index in [1.807, 2.05) is 0 Å². The van der Waals surface area contributed by atoms with Crippen LogP contribution < -0.4 is 24.9 Å². The van der Waals surface area contributed by atoms with Gasteiger partial charge in [0.2, 0.25) is 15.5 Å². The molecule has 3 aromatic rings. The van der Waals surface area contributed by atoms with Crippen LogP contribution >= 0.6 is 0 Å². The number of aromatic carboxylic acids is 1. The molecule has 2 saturated heterocycles. The van der Waals surface area contributed by atoms with E-state index < -0.39 is 50.8 Å². The second-order valence-corrected chi connectivity index (χ2v) is 12.7. The number of carbonyl (C=O) groups is 2. The highest BCUT2D eigenvalue weighted by atomic mass is 32.2. The molecule has 13 nitrogen and oxygen atoms in total. The van der Waals surface area contributed by atoms with Crippen molar-refractivity contribution in [2.75, 3.05) is 60.2 Å². The first-order valence-electron chi connectivity index (χ1n) is 13.6. The topological polar surface area (TPSA) is 154 Å². The number of cyclic esters (lactones) is 1. The molecule has 0 radical (unpaired) electrons. The third-order valence-corrected chi connectivity index (χ3v) is 8.41. The number of amides is 1. The van der Waals surface area contributed by atoms with Gasteiger partial charge in [-0.2, -0.15) is 0 Å². The van der Waals surface area contributed by atoms with E-state index in [-0.39, 0.29) is 41.7 Å². The molecular formula is C27H28F2N6O7S. The van der Waals surface area contributed by atoms with Gasteiger partial charge in [-0.05, 0) is 37.1 Å². The Hall–Kier alpha value is -4.31. The Balaban J connectivity index is 1.17. The van der Waals surface area contributed by atoms with Gasteiger partial charge in [-0.15, -0.1) is 0 Å². The number of aromatic nitrogens is 2. The molecule has 2 N–H and O–H groups in total. The molecule has 0 spiro atoms. The van der Waals surface area contributed by atoms with E-state index in [0.717, 1.165) is 25.2 Å². The summed E-state index contributed by atoms with van der Waals surface area (Å²) in [7, 11) is -3.47. The Morgan fingerprint density at radius 3 is 2.42 bits per heavy atom. The highest BCUT2D eigenvalue weighted by Crippen LogP contribution is 2.37. The number of hydrogen-bond donors (Lipinski definition) is 2. The lowest BCUT2D eigenvalue weighted by atomic mass is 10.1. The molecule has 43 heavy (non-hydrogen) atoms. The molecule has 1 saturated carbocycles. The summed E-state index contributed by atoms with van der Waals surface area (Å²) in [6.07, 6.45) is 2.44. The number of halogens is 2. The molecule has 6 rings (SSSR count). The number of anilines is 3. The summed E-state index contributed by atoms with van der Waals surface area (Å²) in [5, 5.41) is 9.35. The van der Waals surface area contributed by atoms with Crippen molar-refractivity contribution in [1.29, 1.82) is 0 Å². The molecule has 3 fully saturated rings. The molecule has 2 aromatic heterocycles. The number of benzene rings is 1. The van der Waals surface area contributed by atoms with Crippen LogP contribution in [0.25, 0.3) is 11.0 Å². The van der Waals surface area contributed by atoms with Gasteiger partial charge in [0.1, 0.15) is 23.1 Å². The SMILES string of the molecule is CS(=O)(=O)NCC1CN(c2ccc(N3CCN(c4nc5c(cc4F)c(=O)c(C(=O)O)cn5C4CC4)CC3)c(F)c2)C(=O)O1. The van der Waals surface area contributed by atoms with Crippen LogP contribution in [-0.4, -0.2) is 86.8 Å². The first-order valence-corrected chi connectivity index (χ1v) is 15.5. The van der Waals surface area contributed by atoms with E-state index in [9.17, 15) is 27.9 Å². The summed E-state index contributed by atoms with van der Waals surface area (Å²) in [6, 6.07) is 5.36. The van der Waals surface area contributed by atoms with E-state index in [1.165, 1.54) is 17.2 Å². The van der Waals surface area contributed by atoms with Crippen LogP contribution in [0.5, 0.6) is 0 Å². The smallest absolute Gasteiger partial charge is 0.414 e. The maximum atomic E-state index is 15.3. The Bertz CT molecular complexity index is 1810. The van der Waals surface area contributed by atoms with Gasteiger partial charge in [0.15, 0.2) is 11.6 Å². The number of nitrogens with zero attached hydrogens (tertiary/aromatic N) is 5. The van der Waals surface area contributed by atoms with Crippen molar-refractivity contribution in [3.8, 4) is 0 Å². The first kappa shape index (κ1) is 28.8. The van der Waals surface area contributed by atoms with Crippen molar-refractivity contribution in [2.24, 2.45) is 0 Å². The second-order valence-electron chi connectivity index (χ2n) is 10.8. The van der Waals surface area contributed by atoms with Crippen LogP contribution in [0.3, 0.4) is 0 Å². The lowest BCUT2D eigenvalue weighted by Crippen LogP contribution is -2.47. The zero-order chi connectivity index (χ0) is 30.6. The van der Waals surface area contributed by atoms with Crippen LogP contribution in [0.4, 0.5) is 30.8 Å². The quantitative estimate of drug-likeness (QED) is 0.383. The highest BCUT2D eigenvalue weighted by molar-refractivity contribution is 7.88. The molecule has 1 unspecified atom stereocenters. The first-order chi connectivity index (χ1) is 20.4. The van der Waals surface area contributed by atoms with Crippen molar-refractivity contribution in [2.45, 2.75) is 25.0 Å². The molecule has 228 valence electrons. The van der Waals surface area contributed by atoms with Crippen LogP contribution in [0.1, 0.15) is 29.2 Å². The van der Waals surface area contributed by atoms with Crippen molar-refractivity contribution in [3.63, 3.8) is 0 Å². The average molecular weight is 619 g/mol. The van der Waals surface area contributed by atoms with Gasteiger partial charge in [-0.3, -0.25) is 9.69 Å². The number of ether oxygens (including phenoxy) is 1. The predicted octanol–water partition coefficient (Wildman–Crippen LogP) is 1.91. The number of rotatable bonds is 8. The molecule has 2 aliphatic heterocycles. The Morgan fingerprint density at radius 1 is 1.09 bits per heavy atom. The molecule has 1 amide bonds. The maximum absolute atomic E-state index is 15.3. The zero-order valence-electron chi connectivity index (χ0n) is 23.0. The Labute approximate surface area is 244 Å². The predicted molar refractivity (Wildman–Crippen MR) is 152 cm³/mol. The normalized spacial score (nSPS) is 19.3. The van der Waals surface area contributed by atoms with Crippen molar-refractivity contribution in [3.05, 3.63) is 57.9 Å². The summed E-state index contributed by atoms with van der Waals surface area (Å²) in [5.41, 5.74) is -0.429. The minimum Gasteiger partial charge on any atom is -0.477 e. The standard InChI is InChI=1S/C27H28F2N6O7S/c1-43(40,41)30-12-17-13-35(27(39)42-17)16-4-5-22(20(28)10-16)32-6-8-33(9-7-32)25-21(29)11-18-23(36)19(26(37)38)14-34(15-2-3-15)24(18)31-25/h4-5,10-11,14-15,17,30H,2-3,6-9,12-13H2,1H3,(H,37,38). The molecular weight excluding hydrogens is 590 g/mol. The molecule has 1 aromatic carbocycles. The number of sulfonamides is 1. The number of pyridine rings is 2. The van der Waals surface area contributed by atoms with E-state index in [0.29, 0.717) is 31.9 Å². The number of carboxylic acid groups (broad SMARTS) is 1. The number of hydrogen-bond acceptors (Lipinski definition) is 9. The fourth-order valence-electron chi connectivity index (χ4n) is 5.41. The van der Waals surface area contributed by atoms with Crippen LogP contribution in [0, 0.1) is 11.6 Å². The van der Waals surface area contributed by atoms with Gasteiger partial charge in [-0.1, -0.05) is 0 Å². The van der Waals surface area contributed by atoms with Gasteiger partial charge < -0.3 is 24.2 Å². The number of carboxylic acids is 1. The summed E-state index contributed by atoms with van der Waals surface area (Å²) in [6.45, 7) is 1.20. The van der Waals surface area contributed by atoms with E-state index in [1.54, 1.807) is 26.5 Å². The third-order valence-electron chi connectivity index (χ3n) is 7.72. The molecule has 3 aliphatic rings. The zero-order valence-corrected chi connectivity index (χ0v) is 23.8. The number of carbonyl (C=O) groups excluding carboxylic acids is 1. The van der Waals surface area contributed by atoms with Gasteiger partial charge >= 0.3 is 12.1 Å². The number of fused-ring (bicyclic) bond motifs is 1. The summed E-state index contributed by atoms with van der Waals surface area (Å²) >= 11 is 0. The summed E-state index contributed by atoms with van der Waals surface area (Å²) < 4.78 is 62.3. The molecule has 0 bridgehead atoms. The number of nitrogens with one attached hydrogen (secondary N) is 1. The minimum absolute atomic E-state index is 0.00717. The second kappa shape index (κ2) is 10.8. The summed E-state index contributed by atoms with van der Waals surface area (Å²) in [5.74, 6) is -2.67. The van der Waals surface area contributed by atoms with Crippen molar-refractivity contribution >= 4 is 50.3 Å². The monoisotopic (exact) mass is 618 g/mol. The van der Waals surface area contributed by atoms with Crippen LogP contribution in [0.15, 0.2) is 35.3 Å². The van der Waals surface area contributed by atoms with Gasteiger partial charge in [0, 0.05) is 45.0 Å². The Morgan fingerprint density at radius 2 is 1.79 bits per heavy atom. The minimum atomic E-state index is -3.47. The lowest BCUT2D eigenvalue weighted by molar-refractivity contribution is 0.0694. The molecule has 1 aliphatic carbocycles. The van der Waals surface area contributed by atoms with Crippen molar-refractivity contribution < 1.29 is 36.6 Å². The maximum Gasteiger partial charge on any atom is 0.414 e. The van der Waals surface area contributed by atoms with Gasteiger partial charge in [0.25, 0.3) is 0 Å². The Kier molecular flexibility index (Phi) is 7.20. The van der Waals surface area contributed by atoms with E-state index >= 15 is 8.78 Å². The van der Waals surface area contributed by atoms with Gasteiger partial charge in [0.05, 0.1) is 29.6 Å². The number of piperazine rings is 1. The fourth-order valence-corrected chi connectivity index (χ4v) is 5.89. The highest BCUT2D eigenvalue weighted by Gasteiger charge is 2.34. The average Bonchev–Trinajstić information content (AvgIpc) is 3.73. The largest absolute Gasteiger partial charge is 0.477 e. The van der Waals surface area contributed by atoms with E-state index in [2.05, 4.69) is 9.71 Å². The van der Waals surface area contributed by atoms with Crippen LogP contribution in [0.2, 0.25) is 0 Å². The summed E-state index contributed by atoms with van der Waals surface area (Å²) in [4.78, 5) is 45.8. The lowest BCUT2D eigenvalue weighted by Gasteiger charge is -2.37. The molecule has 1 atom stereocenters. The van der Waals surface area contributed by atoms with Crippen LogP contribution in [-0.2, 0) is 14.8 Å².